The van der Waals surface area contributed by atoms with Crippen molar-refractivity contribution in [1.82, 2.24) is 0 Å². The van der Waals surface area contributed by atoms with Crippen molar-refractivity contribution >= 4 is 46.6 Å². The third-order valence-corrected chi connectivity index (χ3v) is 4.72. The number of amides is 1. The molecule has 2 aromatic rings. The van der Waals surface area contributed by atoms with E-state index < -0.39 is 5.97 Å². The first kappa shape index (κ1) is 18.3. The van der Waals surface area contributed by atoms with Crippen LogP contribution in [-0.2, 0) is 9.53 Å². The lowest BCUT2D eigenvalue weighted by Gasteiger charge is -2.10. The number of carbonyl (C=O) groups is 2. The van der Waals surface area contributed by atoms with Crippen molar-refractivity contribution in [2.45, 2.75) is 6.42 Å². The predicted octanol–water partition coefficient (Wildman–Crippen LogP) is 4.00. The third kappa shape index (κ3) is 4.17. The second kappa shape index (κ2) is 8.25. The van der Waals surface area contributed by atoms with Gasteiger partial charge >= 0.3 is 5.97 Å². The number of hydrogen-bond donors (Lipinski definition) is 1. The molecule has 0 bridgehead atoms. The third-order valence-electron chi connectivity index (χ3n) is 3.55. The zero-order valence-electron chi connectivity index (χ0n) is 13.9. The Bertz CT molecular complexity index is 861. The van der Waals surface area contributed by atoms with Gasteiger partial charge in [0.05, 0.1) is 31.0 Å². The molecular weight excluding hydrogens is 378 g/mol. The number of anilines is 1. The van der Waals surface area contributed by atoms with Gasteiger partial charge in [-0.3, -0.25) is 4.79 Å². The zero-order valence-corrected chi connectivity index (χ0v) is 15.5. The molecule has 0 saturated heterocycles. The molecule has 1 aromatic carbocycles. The Morgan fingerprint density at radius 1 is 1.31 bits per heavy atom. The number of nitrogens with one attached hydrogen (secondary N) is 1. The standard InChI is InChI=1S/C18H16ClNO5S/c1-23-18(22)17-13(5-8-26-17)20-15(21)4-3-11-9-12(19)16-14(10-11)24-6-2-7-25-16/h3-5,8-10H,2,6-7H2,1H3,(H,20,21)/b4-3+. The topological polar surface area (TPSA) is 73.9 Å². The monoisotopic (exact) mass is 393 g/mol. The van der Waals surface area contributed by atoms with Gasteiger partial charge in [-0.2, -0.15) is 0 Å². The number of thiophene rings is 1. The summed E-state index contributed by atoms with van der Waals surface area (Å²) in [6.07, 6.45) is 3.75. The molecular formula is C18H16ClNO5S. The van der Waals surface area contributed by atoms with Crippen LogP contribution in [0.4, 0.5) is 5.69 Å². The Balaban J connectivity index is 1.73. The number of esters is 1. The van der Waals surface area contributed by atoms with Gasteiger partial charge in [-0.15, -0.1) is 11.3 Å². The van der Waals surface area contributed by atoms with Crippen molar-refractivity contribution in [2.24, 2.45) is 0 Å². The van der Waals surface area contributed by atoms with Crippen LogP contribution in [0.25, 0.3) is 6.08 Å². The highest BCUT2D eigenvalue weighted by Gasteiger charge is 2.16. The maximum absolute atomic E-state index is 12.1. The van der Waals surface area contributed by atoms with Crippen molar-refractivity contribution in [3.8, 4) is 11.5 Å². The molecule has 0 spiro atoms. The van der Waals surface area contributed by atoms with Gasteiger partial charge in [0.25, 0.3) is 0 Å². The van der Waals surface area contributed by atoms with Crippen LogP contribution in [0.2, 0.25) is 5.02 Å². The van der Waals surface area contributed by atoms with E-state index in [2.05, 4.69) is 10.1 Å². The second-order valence-electron chi connectivity index (χ2n) is 5.36. The number of hydrogen-bond acceptors (Lipinski definition) is 6. The fourth-order valence-corrected chi connectivity index (χ4v) is 3.39. The molecule has 1 N–H and O–H groups in total. The molecule has 26 heavy (non-hydrogen) atoms. The quantitative estimate of drug-likeness (QED) is 0.627. The van der Waals surface area contributed by atoms with Crippen molar-refractivity contribution in [2.75, 3.05) is 25.6 Å². The Hall–Kier alpha value is -2.51. The minimum atomic E-state index is -0.492. The molecule has 6 nitrogen and oxygen atoms in total. The smallest absolute Gasteiger partial charge is 0.350 e. The Labute approximate surface area is 159 Å². The molecule has 0 fully saturated rings. The molecule has 8 heteroatoms. The SMILES string of the molecule is COC(=O)c1sccc1NC(=O)/C=C/c1cc(Cl)c2c(c1)OCCCO2. The lowest BCUT2D eigenvalue weighted by Crippen LogP contribution is -2.10. The number of benzene rings is 1. The lowest BCUT2D eigenvalue weighted by molar-refractivity contribution is -0.111. The van der Waals surface area contributed by atoms with Gasteiger partial charge in [0, 0.05) is 12.5 Å². The van der Waals surface area contributed by atoms with Crippen molar-refractivity contribution < 1.29 is 23.8 Å². The Morgan fingerprint density at radius 3 is 2.92 bits per heavy atom. The maximum Gasteiger partial charge on any atom is 0.350 e. The molecule has 0 saturated carbocycles. The maximum atomic E-state index is 12.1. The van der Waals surface area contributed by atoms with Crippen LogP contribution < -0.4 is 14.8 Å². The van der Waals surface area contributed by atoms with Gasteiger partial charge < -0.3 is 19.5 Å². The minimum Gasteiger partial charge on any atom is -0.489 e. The van der Waals surface area contributed by atoms with E-state index in [1.807, 2.05) is 0 Å². The molecule has 1 amide bonds. The molecule has 0 radical (unpaired) electrons. The summed E-state index contributed by atoms with van der Waals surface area (Å²) in [6, 6.07) is 5.11. The van der Waals surface area contributed by atoms with Crippen LogP contribution in [0, 0.1) is 0 Å². The van der Waals surface area contributed by atoms with Gasteiger partial charge in [-0.1, -0.05) is 11.6 Å². The van der Waals surface area contributed by atoms with Crippen LogP contribution in [0.15, 0.2) is 29.7 Å². The summed E-state index contributed by atoms with van der Waals surface area (Å²) in [5.74, 6) is 0.207. The van der Waals surface area contributed by atoms with Crippen LogP contribution in [-0.4, -0.2) is 32.2 Å². The molecule has 1 aliphatic heterocycles. The van der Waals surface area contributed by atoms with Crippen LogP contribution in [0.1, 0.15) is 21.7 Å². The predicted molar refractivity (Wildman–Crippen MR) is 100 cm³/mol. The van der Waals surface area contributed by atoms with Crippen LogP contribution >= 0.6 is 22.9 Å². The summed E-state index contributed by atoms with van der Waals surface area (Å²) >= 11 is 7.43. The first-order chi connectivity index (χ1) is 12.6. The number of rotatable bonds is 4. The zero-order chi connectivity index (χ0) is 18.5. The molecule has 1 aromatic heterocycles. The van der Waals surface area contributed by atoms with Crippen molar-refractivity contribution in [3.05, 3.63) is 45.1 Å². The molecule has 0 atom stereocenters. The van der Waals surface area contributed by atoms with Crippen LogP contribution in [0.3, 0.4) is 0 Å². The molecule has 1 aliphatic rings. The second-order valence-corrected chi connectivity index (χ2v) is 6.68. The number of halogens is 1. The van der Waals surface area contributed by atoms with E-state index in [1.54, 1.807) is 29.7 Å². The van der Waals surface area contributed by atoms with Crippen molar-refractivity contribution in [3.63, 3.8) is 0 Å². The summed E-state index contributed by atoms with van der Waals surface area (Å²) in [5.41, 5.74) is 1.11. The lowest BCUT2D eigenvalue weighted by atomic mass is 10.2. The first-order valence-electron chi connectivity index (χ1n) is 7.82. The Morgan fingerprint density at radius 2 is 2.12 bits per heavy atom. The molecule has 0 aliphatic carbocycles. The van der Waals surface area contributed by atoms with E-state index in [-0.39, 0.29) is 5.91 Å². The fourth-order valence-electron chi connectivity index (χ4n) is 2.35. The summed E-state index contributed by atoms with van der Waals surface area (Å²) in [6.45, 7) is 1.10. The van der Waals surface area contributed by atoms with Crippen molar-refractivity contribution in [1.29, 1.82) is 0 Å². The van der Waals surface area contributed by atoms with E-state index in [9.17, 15) is 9.59 Å². The first-order valence-corrected chi connectivity index (χ1v) is 9.08. The van der Waals surface area contributed by atoms with Gasteiger partial charge in [-0.25, -0.2) is 4.79 Å². The number of carbonyl (C=O) groups excluding carboxylic acids is 2. The summed E-state index contributed by atoms with van der Waals surface area (Å²) in [5, 5.41) is 4.79. The largest absolute Gasteiger partial charge is 0.489 e. The molecule has 136 valence electrons. The van der Waals surface area contributed by atoms with Crippen LogP contribution in [0.5, 0.6) is 11.5 Å². The van der Waals surface area contributed by atoms with Gasteiger partial charge in [0.2, 0.25) is 5.91 Å². The highest BCUT2D eigenvalue weighted by atomic mass is 35.5. The average Bonchev–Trinajstić information content (AvgIpc) is 2.94. The fraction of sp³-hybridized carbons (Fsp3) is 0.222. The number of ether oxygens (including phenoxy) is 3. The average molecular weight is 394 g/mol. The van der Waals surface area contributed by atoms with E-state index in [0.717, 1.165) is 6.42 Å². The molecule has 0 unspecified atom stereocenters. The van der Waals surface area contributed by atoms with E-state index in [0.29, 0.717) is 45.9 Å². The summed E-state index contributed by atoms with van der Waals surface area (Å²) < 4.78 is 15.9. The van der Waals surface area contributed by atoms with E-state index in [4.69, 9.17) is 21.1 Å². The van der Waals surface area contributed by atoms with Gasteiger partial charge in [-0.05, 0) is 35.2 Å². The van der Waals surface area contributed by atoms with E-state index in [1.165, 1.54) is 24.5 Å². The normalized spacial score (nSPS) is 13.3. The minimum absolute atomic E-state index is 0.341. The molecule has 2 heterocycles. The highest BCUT2D eigenvalue weighted by Crippen LogP contribution is 2.38. The highest BCUT2D eigenvalue weighted by molar-refractivity contribution is 7.12. The number of methoxy groups -OCH3 is 1. The molecule has 3 rings (SSSR count). The van der Waals surface area contributed by atoms with Gasteiger partial charge in [0.1, 0.15) is 4.88 Å². The number of fused-ring (bicyclic) bond motifs is 1. The summed E-state index contributed by atoms with van der Waals surface area (Å²) in [7, 11) is 1.29. The van der Waals surface area contributed by atoms with Gasteiger partial charge in [0.15, 0.2) is 11.5 Å². The van der Waals surface area contributed by atoms with E-state index >= 15 is 0 Å². The Kier molecular flexibility index (Phi) is 5.80. The summed E-state index contributed by atoms with van der Waals surface area (Å²) in [4.78, 5) is 24.1.